The second-order valence-electron chi connectivity index (χ2n) is 6.00. The van der Waals surface area contributed by atoms with Gasteiger partial charge in [-0.1, -0.05) is 48.5 Å². The Morgan fingerprint density at radius 3 is 2.39 bits per heavy atom. The Morgan fingerprint density at radius 2 is 1.71 bits per heavy atom. The lowest BCUT2D eigenvalue weighted by molar-refractivity contribution is 0.194. The molecule has 7 nitrogen and oxygen atoms in total. The molecule has 0 radical (unpaired) electrons. The van der Waals surface area contributed by atoms with Crippen LogP contribution in [-0.2, 0) is 14.8 Å². The first-order valence-electron chi connectivity index (χ1n) is 8.53. The molecule has 0 saturated carbocycles. The maximum atomic E-state index is 13.2. The molecule has 0 saturated heterocycles. The number of rotatable bonds is 7. The van der Waals surface area contributed by atoms with Gasteiger partial charge in [0, 0.05) is 24.4 Å². The summed E-state index contributed by atoms with van der Waals surface area (Å²) in [5.74, 6) is 0.258. The highest BCUT2D eigenvalue weighted by Gasteiger charge is 2.26. The van der Waals surface area contributed by atoms with Gasteiger partial charge in [-0.15, -0.1) is 0 Å². The van der Waals surface area contributed by atoms with E-state index in [1.807, 2.05) is 30.3 Å². The average Bonchev–Trinajstić information content (AvgIpc) is 2.72. The molecule has 0 spiro atoms. The van der Waals surface area contributed by atoms with Crippen LogP contribution in [0.15, 0.2) is 59.6 Å². The minimum absolute atomic E-state index is 0.0923. The van der Waals surface area contributed by atoms with Gasteiger partial charge in [0.15, 0.2) is 0 Å². The molecule has 0 aliphatic rings. The van der Waals surface area contributed by atoms with Crippen LogP contribution < -0.4 is 9.46 Å². The Kier molecular flexibility index (Phi) is 6.03. The maximum absolute atomic E-state index is 13.2. The van der Waals surface area contributed by atoms with Crippen LogP contribution in [0.25, 0.3) is 22.4 Å². The van der Waals surface area contributed by atoms with E-state index in [1.165, 1.54) is 14.2 Å². The zero-order valence-corrected chi connectivity index (χ0v) is 16.7. The highest BCUT2D eigenvalue weighted by atomic mass is 32.2. The predicted octanol–water partition coefficient (Wildman–Crippen LogP) is 3.01. The molecular weight excluding hydrogens is 378 g/mol. The van der Waals surface area contributed by atoms with Gasteiger partial charge in [0.2, 0.25) is 15.9 Å². The van der Waals surface area contributed by atoms with Crippen molar-refractivity contribution in [1.29, 1.82) is 0 Å². The largest absolute Gasteiger partial charge is 0.479 e. The maximum Gasteiger partial charge on any atom is 0.243 e. The van der Waals surface area contributed by atoms with Crippen LogP contribution in [0.5, 0.6) is 5.88 Å². The van der Waals surface area contributed by atoms with Gasteiger partial charge >= 0.3 is 0 Å². The van der Waals surface area contributed by atoms with Crippen LogP contribution >= 0.6 is 0 Å². The lowest BCUT2D eigenvalue weighted by Crippen LogP contribution is -2.27. The predicted molar refractivity (Wildman–Crippen MR) is 106 cm³/mol. The van der Waals surface area contributed by atoms with E-state index in [-0.39, 0.29) is 17.5 Å². The summed E-state index contributed by atoms with van der Waals surface area (Å²) in [6.45, 7) is 1.64. The average molecular weight is 399 g/mol. The second-order valence-corrected chi connectivity index (χ2v) is 7.70. The van der Waals surface area contributed by atoms with E-state index < -0.39 is 10.0 Å². The van der Waals surface area contributed by atoms with Crippen molar-refractivity contribution in [3.05, 3.63) is 60.4 Å². The van der Waals surface area contributed by atoms with Gasteiger partial charge in [-0.3, -0.25) is 0 Å². The number of ether oxygens (including phenoxy) is 2. The molecule has 0 aliphatic carbocycles. The monoisotopic (exact) mass is 399 g/mol. The van der Waals surface area contributed by atoms with E-state index >= 15 is 0 Å². The molecule has 28 heavy (non-hydrogen) atoms. The number of methoxy groups -OCH3 is 2. The molecule has 2 aromatic carbocycles. The lowest BCUT2D eigenvalue weighted by atomic mass is 10.0. The van der Waals surface area contributed by atoms with Crippen molar-refractivity contribution in [3.63, 3.8) is 0 Å². The van der Waals surface area contributed by atoms with Crippen molar-refractivity contribution < 1.29 is 17.9 Å². The summed E-state index contributed by atoms with van der Waals surface area (Å²) in [6.07, 6.45) is 1.58. The quantitative estimate of drug-likeness (QED) is 0.614. The van der Waals surface area contributed by atoms with Gasteiger partial charge < -0.3 is 9.47 Å². The number of nitrogens with one attached hydrogen (secondary N) is 1. The fraction of sp³-hybridized carbons (Fsp3) is 0.200. The molecule has 146 valence electrons. The number of hydrogen-bond donors (Lipinski definition) is 1. The molecule has 0 amide bonds. The van der Waals surface area contributed by atoms with Crippen molar-refractivity contribution in [2.75, 3.05) is 21.0 Å². The Labute approximate surface area is 164 Å². The van der Waals surface area contributed by atoms with Gasteiger partial charge in [0.05, 0.1) is 17.7 Å². The van der Waals surface area contributed by atoms with E-state index in [9.17, 15) is 8.42 Å². The smallest absolute Gasteiger partial charge is 0.243 e. The zero-order valence-electron chi connectivity index (χ0n) is 15.8. The normalized spacial score (nSPS) is 11.4. The molecule has 8 heteroatoms. The fourth-order valence-corrected chi connectivity index (χ4v) is 4.20. The van der Waals surface area contributed by atoms with Gasteiger partial charge in [-0.2, -0.15) is 4.72 Å². The van der Waals surface area contributed by atoms with Crippen LogP contribution in [0, 0.1) is 6.92 Å². The molecule has 0 atom stereocenters. The summed E-state index contributed by atoms with van der Waals surface area (Å²) in [5, 5.41) is 0. The number of hydrogen-bond acceptors (Lipinski definition) is 6. The highest BCUT2D eigenvalue weighted by molar-refractivity contribution is 7.89. The van der Waals surface area contributed by atoms with Crippen molar-refractivity contribution in [1.82, 2.24) is 14.7 Å². The Bertz CT molecular complexity index is 1070. The molecule has 1 heterocycles. The second kappa shape index (κ2) is 8.47. The van der Waals surface area contributed by atoms with Gasteiger partial charge in [-0.05, 0) is 12.5 Å². The van der Waals surface area contributed by atoms with E-state index in [1.54, 1.807) is 31.3 Å². The SMILES string of the molecule is COCNS(=O)(=O)c1c(-c2ccccc2)cccc1-c1ncc(C)nc1OC. The molecule has 0 bridgehead atoms. The van der Waals surface area contributed by atoms with E-state index in [4.69, 9.17) is 9.47 Å². The topological polar surface area (TPSA) is 90.4 Å². The molecule has 3 rings (SSSR count). The Hall–Kier alpha value is -2.81. The van der Waals surface area contributed by atoms with Crippen LogP contribution in [0.2, 0.25) is 0 Å². The lowest BCUT2D eigenvalue weighted by Gasteiger charge is -2.17. The van der Waals surface area contributed by atoms with E-state index in [2.05, 4.69) is 14.7 Å². The number of nitrogens with zero attached hydrogens (tertiary/aromatic N) is 2. The number of aryl methyl sites for hydroxylation is 1. The number of benzene rings is 2. The first-order chi connectivity index (χ1) is 13.5. The van der Waals surface area contributed by atoms with E-state index in [0.29, 0.717) is 22.5 Å². The first-order valence-corrected chi connectivity index (χ1v) is 10.0. The summed E-state index contributed by atoms with van der Waals surface area (Å²) in [4.78, 5) is 8.82. The molecule has 0 fully saturated rings. The molecule has 0 aliphatic heterocycles. The summed E-state index contributed by atoms with van der Waals surface area (Å²) in [6, 6.07) is 14.5. The summed E-state index contributed by atoms with van der Waals surface area (Å²) in [5.41, 5.74) is 2.73. The highest BCUT2D eigenvalue weighted by Crippen LogP contribution is 2.37. The Morgan fingerprint density at radius 1 is 1.00 bits per heavy atom. The summed E-state index contributed by atoms with van der Waals surface area (Å²) >= 11 is 0. The summed E-state index contributed by atoms with van der Waals surface area (Å²) < 4.78 is 39.1. The molecule has 3 aromatic rings. The van der Waals surface area contributed by atoms with E-state index in [0.717, 1.165) is 5.56 Å². The van der Waals surface area contributed by atoms with Gasteiger partial charge in [0.25, 0.3) is 0 Å². The third-order valence-corrected chi connectivity index (χ3v) is 5.55. The zero-order chi connectivity index (χ0) is 20.1. The van der Waals surface area contributed by atoms with Crippen LogP contribution in [0.3, 0.4) is 0 Å². The molecular formula is C20H21N3O4S. The third kappa shape index (κ3) is 4.04. The van der Waals surface area contributed by atoms with Crippen molar-refractivity contribution in [3.8, 4) is 28.3 Å². The number of sulfonamides is 1. The minimum atomic E-state index is -3.91. The molecule has 0 unspecified atom stereocenters. The van der Waals surface area contributed by atoms with Crippen LogP contribution in [-0.4, -0.2) is 39.3 Å². The Balaban J connectivity index is 2.33. The van der Waals surface area contributed by atoms with Gasteiger partial charge in [0.1, 0.15) is 12.4 Å². The first kappa shape index (κ1) is 19.9. The van der Waals surface area contributed by atoms with Crippen molar-refractivity contribution in [2.45, 2.75) is 11.8 Å². The standard InChI is InChI=1S/C20H21N3O4S/c1-14-12-21-18(20(23-14)27-3)17-11-7-10-16(15-8-5-4-6-9-15)19(17)28(24,25)22-13-26-2/h4-12,22H,13H2,1-3H3. The van der Waals surface area contributed by atoms with Crippen molar-refractivity contribution in [2.24, 2.45) is 0 Å². The van der Waals surface area contributed by atoms with Gasteiger partial charge in [-0.25, -0.2) is 18.4 Å². The fourth-order valence-electron chi connectivity index (χ4n) is 2.85. The van der Waals surface area contributed by atoms with Crippen molar-refractivity contribution >= 4 is 10.0 Å². The summed E-state index contributed by atoms with van der Waals surface area (Å²) in [7, 11) is -1.02. The minimum Gasteiger partial charge on any atom is -0.479 e. The number of aromatic nitrogens is 2. The molecule has 1 aromatic heterocycles. The third-order valence-electron chi connectivity index (χ3n) is 4.07. The van der Waals surface area contributed by atoms with Crippen LogP contribution in [0.4, 0.5) is 0 Å². The van der Waals surface area contributed by atoms with Crippen LogP contribution in [0.1, 0.15) is 5.69 Å². The molecule has 1 N–H and O–H groups in total.